The highest BCUT2D eigenvalue weighted by Crippen LogP contribution is 2.41. The van der Waals surface area contributed by atoms with Crippen LogP contribution in [0.15, 0.2) is 22.8 Å². The number of aromatic amines is 1. The summed E-state index contributed by atoms with van der Waals surface area (Å²) in [5, 5.41) is 53.2. The van der Waals surface area contributed by atoms with Crippen molar-refractivity contribution in [3.63, 3.8) is 0 Å². The van der Waals surface area contributed by atoms with Crippen molar-refractivity contribution in [2.45, 2.75) is 49.6 Å². The fraction of sp³-hybridized carbons (Fsp3) is 0.474. The standard InChI is InChI=1S/C19H22BrClN2O9/c1-7(25)23-15-10(26)4-19(18(29)30,32-17(15)16(28)11(27)6-24)31-12-5-22-9-3-2-8(20)14(21)13(9)12/h2-3,5,10-11,15-17,22,24,26-28H,4,6H2,1H3,(H,23,25)(H,29,30)/t10-,11+,15+,16-,17+,19+/m0/s1. The normalized spacial score (nSPS) is 27.7. The zero-order valence-electron chi connectivity index (χ0n) is 16.7. The number of aliphatic carboxylic acids is 1. The van der Waals surface area contributed by atoms with Gasteiger partial charge in [-0.15, -0.1) is 0 Å². The van der Waals surface area contributed by atoms with Gasteiger partial charge < -0.3 is 45.3 Å². The Hall–Kier alpha value is -1.93. The van der Waals surface area contributed by atoms with Crippen LogP contribution in [0, 0.1) is 0 Å². The monoisotopic (exact) mass is 536 g/mol. The van der Waals surface area contributed by atoms with Crippen molar-refractivity contribution in [2.24, 2.45) is 0 Å². The highest BCUT2D eigenvalue weighted by molar-refractivity contribution is 9.10. The van der Waals surface area contributed by atoms with Gasteiger partial charge in [-0.3, -0.25) is 4.79 Å². The number of aromatic nitrogens is 1. The van der Waals surface area contributed by atoms with Gasteiger partial charge in [0.15, 0.2) is 5.75 Å². The number of nitrogens with one attached hydrogen (secondary N) is 2. The largest absolute Gasteiger partial charge is 0.476 e. The minimum atomic E-state index is -2.52. The van der Waals surface area contributed by atoms with Crippen LogP contribution in [0.5, 0.6) is 5.75 Å². The van der Waals surface area contributed by atoms with Crippen molar-refractivity contribution in [3.8, 4) is 5.75 Å². The zero-order chi connectivity index (χ0) is 23.8. The summed E-state index contributed by atoms with van der Waals surface area (Å²) in [7, 11) is 0. The van der Waals surface area contributed by atoms with Crippen LogP contribution < -0.4 is 10.1 Å². The first-order valence-corrected chi connectivity index (χ1v) is 10.6. The van der Waals surface area contributed by atoms with Gasteiger partial charge >= 0.3 is 11.8 Å². The van der Waals surface area contributed by atoms with Crippen LogP contribution >= 0.6 is 27.5 Å². The second kappa shape index (κ2) is 9.51. The molecule has 13 heteroatoms. The molecule has 1 aliphatic heterocycles. The number of ether oxygens (including phenoxy) is 2. The summed E-state index contributed by atoms with van der Waals surface area (Å²) in [4.78, 5) is 26.8. The first-order valence-electron chi connectivity index (χ1n) is 9.48. The Balaban J connectivity index is 2.05. The highest BCUT2D eigenvalue weighted by atomic mass is 79.9. The van der Waals surface area contributed by atoms with E-state index in [4.69, 9.17) is 21.1 Å². The molecule has 1 fully saturated rings. The van der Waals surface area contributed by atoms with Crippen molar-refractivity contribution in [1.82, 2.24) is 10.3 Å². The van der Waals surface area contributed by atoms with E-state index in [0.717, 1.165) is 6.92 Å². The lowest BCUT2D eigenvalue weighted by Crippen LogP contribution is -2.68. The Morgan fingerprint density at radius 1 is 1.44 bits per heavy atom. The Kier molecular flexibility index (Phi) is 7.34. The topological polar surface area (TPSA) is 182 Å². The van der Waals surface area contributed by atoms with E-state index >= 15 is 0 Å². The van der Waals surface area contributed by atoms with E-state index in [1.165, 1.54) is 6.20 Å². The first kappa shape index (κ1) is 24.7. The van der Waals surface area contributed by atoms with E-state index in [9.17, 15) is 35.1 Å². The number of carboxylic acids is 1. The van der Waals surface area contributed by atoms with Gasteiger partial charge in [-0.25, -0.2) is 4.79 Å². The van der Waals surface area contributed by atoms with Crippen molar-refractivity contribution < 1.29 is 44.6 Å². The maximum atomic E-state index is 12.3. The van der Waals surface area contributed by atoms with Crippen LogP contribution in [0.2, 0.25) is 5.02 Å². The predicted octanol–water partition coefficient (Wildman–Crippen LogP) is 0.112. The molecule has 1 aromatic heterocycles. The number of amides is 1. The molecule has 32 heavy (non-hydrogen) atoms. The van der Waals surface area contributed by atoms with Crippen LogP contribution in [0.25, 0.3) is 10.9 Å². The van der Waals surface area contributed by atoms with Gasteiger partial charge in [-0.2, -0.15) is 0 Å². The van der Waals surface area contributed by atoms with Crippen molar-refractivity contribution in [2.75, 3.05) is 6.61 Å². The lowest BCUT2D eigenvalue weighted by molar-refractivity contribution is -0.284. The molecule has 1 aromatic carbocycles. The summed E-state index contributed by atoms with van der Waals surface area (Å²) in [5.74, 6) is -4.75. The van der Waals surface area contributed by atoms with Crippen LogP contribution in [-0.2, 0) is 14.3 Å². The number of benzene rings is 1. The van der Waals surface area contributed by atoms with Gasteiger partial charge in [0, 0.05) is 17.6 Å². The molecular formula is C19H22BrClN2O9. The molecule has 0 bridgehead atoms. The number of rotatable bonds is 7. The lowest BCUT2D eigenvalue weighted by atomic mass is 9.88. The maximum Gasteiger partial charge on any atom is 0.377 e. The van der Waals surface area contributed by atoms with Crippen molar-refractivity contribution in [1.29, 1.82) is 0 Å². The third-order valence-corrected chi connectivity index (χ3v) is 6.44. The number of carboxylic acid groups (broad SMARTS) is 1. The molecule has 2 aromatic rings. The van der Waals surface area contributed by atoms with E-state index in [1.807, 2.05) is 0 Å². The first-order chi connectivity index (χ1) is 15.0. The van der Waals surface area contributed by atoms with Crippen molar-refractivity contribution >= 4 is 50.3 Å². The molecular weight excluding hydrogens is 516 g/mol. The maximum absolute atomic E-state index is 12.3. The molecule has 1 saturated heterocycles. The number of fused-ring (bicyclic) bond motifs is 1. The summed E-state index contributed by atoms with van der Waals surface area (Å²) in [6.07, 6.45) is -6.09. The average molecular weight is 538 g/mol. The summed E-state index contributed by atoms with van der Waals surface area (Å²) < 4.78 is 11.9. The van der Waals surface area contributed by atoms with Crippen molar-refractivity contribution in [3.05, 3.63) is 27.8 Å². The second-order valence-corrected chi connectivity index (χ2v) is 8.65. The number of aliphatic hydroxyl groups excluding tert-OH is 4. The molecule has 0 aliphatic carbocycles. The molecule has 0 saturated carbocycles. The number of aliphatic hydroxyl groups is 4. The minimum absolute atomic E-state index is 0.00479. The van der Waals surface area contributed by atoms with Crippen LogP contribution in [0.4, 0.5) is 0 Å². The second-order valence-electron chi connectivity index (χ2n) is 7.42. The molecule has 1 amide bonds. The number of carbonyl (C=O) groups is 2. The zero-order valence-corrected chi connectivity index (χ0v) is 19.0. The van der Waals surface area contributed by atoms with Crippen LogP contribution in [0.1, 0.15) is 13.3 Å². The van der Waals surface area contributed by atoms with Crippen LogP contribution in [-0.4, -0.2) is 85.2 Å². The average Bonchev–Trinajstić information content (AvgIpc) is 3.14. The SMILES string of the molecule is CC(=O)N[C@H]1[C@H]([C@@H](O)[C@H](O)CO)O[C@@](Oc2c[nH]c3ccc(Br)c(Cl)c23)(C(=O)O)C[C@@H]1O. The summed E-state index contributed by atoms with van der Waals surface area (Å²) >= 11 is 9.61. The van der Waals surface area contributed by atoms with Gasteiger partial charge in [0.1, 0.15) is 18.3 Å². The van der Waals surface area contributed by atoms with Gasteiger partial charge in [-0.1, -0.05) is 11.6 Å². The Bertz CT molecular complexity index is 1020. The molecule has 0 radical (unpaired) electrons. The number of carbonyl (C=O) groups excluding carboxylic acids is 1. The molecule has 7 N–H and O–H groups in total. The third kappa shape index (κ3) is 4.57. The Morgan fingerprint density at radius 3 is 2.72 bits per heavy atom. The Morgan fingerprint density at radius 2 is 2.12 bits per heavy atom. The number of halogens is 2. The minimum Gasteiger partial charge on any atom is -0.476 e. The van der Waals surface area contributed by atoms with Gasteiger partial charge in [0.2, 0.25) is 5.91 Å². The highest BCUT2D eigenvalue weighted by Gasteiger charge is 2.57. The number of hydrogen-bond donors (Lipinski definition) is 7. The number of H-pyrrole nitrogens is 1. The molecule has 6 atom stereocenters. The summed E-state index contributed by atoms with van der Waals surface area (Å²) in [6.45, 7) is 0.275. The van der Waals surface area contributed by atoms with E-state index in [0.29, 0.717) is 15.4 Å². The Labute approximate surface area is 195 Å². The molecule has 11 nitrogen and oxygen atoms in total. The molecule has 1 aliphatic rings. The summed E-state index contributed by atoms with van der Waals surface area (Å²) in [6, 6.07) is 2.07. The number of hydrogen-bond acceptors (Lipinski definition) is 8. The van der Waals surface area contributed by atoms with Gasteiger partial charge in [0.25, 0.3) is 0 Å². The predicted molar refractivity (Wildman–Crippen MR) is 114 cm³/mol. The van der Waals surface area contributed by atoms with Gasteiger partial charge in [-0.05, 0) is 28.1 Å². The molecule has 176 valence electrons. The van der Waals surface area contributed by atoms with Gasteiger partial charge in [0.05, 0.1) is 41.1 Å². The van der Waals surface area contributed by atoms with E-state index in [2.05, 4.69) is 26.2 Å². The molecule has 2 heterocycles. The molecule has 0 unspecified atom stereocenters. The van der Waals surface area contributed by atoms with E-state index in [-0.39, 0.29) is 10.8 Å². The van der Waals surface area contributed by atoms with Crippen LogP contribution in [0.3, 0.4) is 0 Å². The molecule has 0 spiro atoms. The smallest absolute Gasteiger partial charge is 0.377 e. The fourth-order valence-electron chi connectivity index (χ4n) is 3.62. The molecule has 3 rings (SSSR count). The van der Waals surface area contributed by atoms with E-state index < -0.39 is 61.1 Å². The quantitative estimate of drug-likeness (QED) is 0.258. The third-order valence-electron chi connectivity index (χ3n) is 5.16. The summed E-state index contributed by atoms with van der Waals surface area (Å²) in [5.41, 5.74) is 0.536. The lowest BCUT2D eigenvalue weighted by Gasteiger charge is -2.46. The van der Waals surface area contributed by atoms with E-state index in [1.54, 1.807) is 12.1 Å². The fourth-order valence-corrected chi connectivity index (χ4v) is 4.21.